The van der Waals surface area contributed by atoms with Crippen molar-refractivity contribution in [3.63, 3.8) is 0 Å². The monoisotopic (exact) mass is 970 g/mol. The van der Waals surface area contributed by atoms with Gasteiger partial charge in [-0.1, -0.05) is 84.4 Å². The van der Waals surface area contributed by atoms with Crippen LogP contribution < -0.4 is 0 Å². The lowest BCUT2D eigenvalue weighted by Gasteiger charge is -2.42. The van der Waals surface area contributed by atoms with Crippen molar-refractivity contribution in [2.45, 2.75) is 200 Å². The first kappa shape index (κ1) is 58.2. The highest BCUT2D eigenvalue weighted by Gasteiger charge is 2.53. The van der Waals surface area contributed by atoms with Gasteiger partial charge in [0.25, 0.3) is 11.7 Å². The zero-order valence-corrected chi connectivity index (χ0v) is 43.7. The van der Waals surface area contributed by atoms with Crippen molar-refractivity contribution in [2.24, 2.45) is 35.5 Å². The Labute approximate surface area is 413 Å². The van der Waals surface area contributed by atoms with Crippen molar-refractivity contribution < 1.29 is 62.6 Å². The van der Waals surface area contributed by atoms with Gasteiger partial charge < -0.3 is 43.5 Å². The Kier molecular flexibility index (Phi) is 23.6. The quantitative estimate of drug-likeness (QED) is 0.0930. The number of allylic oxidation sites excluding steroid dienone is 6. The molecule has 2 bridgehead atoms. The summed E-state index contributed by atoms with van der Waals surface area (Å²) >= 11 is 0. The Morgan fingerprint density at radius 3 is 2.28 bits per heavy atom. The van der Waals surface area contributed by atoms with Crippen LogP contribution in [0.15, 0.2) is 47.6 Å². The SMILES string of the molecule is CCCCO[C@@H]1CC[C@@H](C[C@@H](C)[C@@H]2CC(=O)[C@H](C)/C=C(\C)[C@@H](O)[C@@H](OC)C(=O)[C@H](C)C[C@H](C)/C=C/C=C/C=C(\C)[C@@H](OC)C[C@@H]3CC[C@@H](C)[C@@](O)(O3)C(=O)C(=O)N3CCCC[C@H]3C(=O)O2)C[C@H]1OC. The fourth-order valence-electron chi connectivity index (χ4n) is 10.7. The van der Waals surface area contributed by atoms with Gasteiger partial charge in [-0.2, -0.15) is 0 Å². The Morgan fingerprint density at radius 2 is 1.59 bits per heavy atom. The first-order valence-corrected chi connectivity index (χ1v) is 25.9. The van der Waals surface area contributed by atoms with Crippen molar-refractivity contribution in [1.29, 1.82) is 0 Å². The third kappa shape index (κ3) is 16.1. The van der Waals surface area contributed by atoms with Gasteiger partial charge in [-0.25, -0.2) is 4.79 Å². The van der Waals surface area contributed by atoms with Gasteiger partial charge in [-0.15, -0.1) is 0 Å². The molecule has 15 atom stereocenters. The zero-order valence-electron chi connectivity index (χ0n) is 43.7. The van der Waals surface area contributed by atoms with Crippen LogP contribution in [0.2, 0.25) is 0 Å². The maximum absolute atomic E-state index is 14.5. The molecule has 1 amide bonds. The van der Waals surface area contributed by atoms with E-state index < -0.39 is 77.8 Å². The minimum Gasteiger partial charge on any atom is -0.460 e. The molecule has 4 aliphatic rings. The van der Waals surface area contributed by atoms with E-state index in [-0.39, 0.29) is 60.9 Å². The highest BCUT2D eigenvalue weighted by atomic mass is 16.6. The van der Waals surface area contributed by atoms with Crippen LogP contribution >= 0.6 is 0 Å². The van der Waals surface area contributed by atoms with Gasteiger partial charge in [0.2, 0.25) is 5.79 Å². The van der Waals surface area contributed by atoms with Crippen molar-refractivity contribution in [3.8, 4) is 0 Å². The molecular formula is C55H87NO13. The molecule has 4 rings (SSSR count). The number of fused-ring (bicyclic) bond motifs is 3. The summed E-state index contributed by atoms with van der Waals surface area (Å²) < 4.78 is 36.1. The number of unbranched alkanes of at least 4 members (excludes halogenated alkanes) is 1. The second-order valence-corrected chi connectivity index (χ2v) is 20.8. The minimum atomic E-state index is -2.42. The molecule has 1 saturated carbocycles. The van der Waals surface area contributed by atoms with Gasteiger partial charge in [-0.3, -0.25) is 19.2 Å². The van der Waals surface area contributed by atoms with Crippen LogP contribution in [0, 0.1) is 35.5 Å². The molecule has 0 aromatic rings. The lowest BCUT2D eigenvalue weighted by Crippen LogP contribution is -2.61. The van der Waals surface area contributed by atoms with E-state index in [1.165, 1.54) is 12.0 Å². The number of carbonyl (C=O) groups is 5. The minimum absolute atomic E-state index is 0.0133. The van der Waals surface area contributed by atoms with E-state index in [1.54, 1.807) is 41.1 Å². The Balaban J connectivity index is 1.69. The van der Waals surface area contributed by atoms with Gasteiger partial charge >= 0.3 is 5.97 Å². The third-order valence-corrected chi connectivity index (χ3v) is 15.3. The van der Waals surface area contributed by atoms with E-state index >= 15 is 0 Å². The number of methoxy groups -OCH3 is 3. The van der Waals surface area contributed by atoms with E-state index in [0.717, 1.165) is 37.7 Å². The van der Waals surface area contributed by atoms with E-state index in [1.807, 2.05) is 58.1 Å². The Bertz CT molecular complexity index is 1820. The first-order chi connectivity index (χ1) is 32.8. The maximum Gasteiger partial charge on any atom is 0.329 e. The lowest BCUT2D eigenvalue weighted by molar-refractivity contribution is -0.265. The number of hydrogen-bond donors (Lipinski definition) is 2. The summed E-state index contributed by atoms with van der Waals surface area (Å²) in [4.78, 5) is 72.3. The van der Waals surface area contributed by atoms with Crippen LogP contribution in [-0.2, 0) is 52.4 Å². The molecule has 3 fully saturated rings. The number of amides is 1. The number of hydrogen-bond acceptors (Lipinski definition) is 13. The van der Waals surface area contributed by atoms with E-state index in [2.05, 4.69) is 6.92 Å². The molecule has 14 nitrogen and oxygen atoms in total. The van der Waals surface area contributed by atoms with E-state index in [9.17, 15) is 34.2 Å². The molecule has 0 aromatic carbocycles. The largest absolute Gasteiger partial charge is 0.460 e. The fourth-order valence-corrected chi connectivity index (χ4v) is 10.7. The summed E-state index contributed by atoms with van der Waals surface area (Å²) in [5.41, 5.74) is 1.29. The summed E-state index contributed by atoms with van der Waals surface area (Å²) in [5.74, 6) is -7.71. The molecule has 1 aliphatic carbocycles. The number of piperidine rings is 1. The third-order valence-electron chi connectivity index (χ3n) is 15.3. The standard InChI is InChI=1S/C55H87NO13/c1-12-13-27-67-45-25-23-41(31-48(45)65-10)30-37(5)47-33-44(57)36(4)29-39(7)50(59)51(66-11)49(58)38(6)28-34(2)19-15-14-16-20-35(3)46(64-9)32-42-24-22-40(8)55(63,69-42)52(60)53(61)56-26-18-17-21-43(56)54(62)68-47/h14-16,19-20,29,34,36-38,40-43,45-48,50-51,59,63H,12-13,17-18,21-28,30-33H2,1-11H3/b16-14+,19-15+,35-20+,39-29+/t34-,36-,37-,38-,40-,41+,42+,43+,45-,46+,47+,48-,50-,51+,55-/m1/s1. The van der Waals surface area contributed by atoms with Crippen molar-refractivity contribution in [3.05, 3.63) is 47.6 Å². The summed E-state index contributed by atoms with van der Waals surface area (Å²) in [7, 11) is 4.67. The number of aliphatic hydroxyl groups excluding tert-OH is 1. The Morgan fingerprint density at radius 1 is 0.855 bits per heavy atom. The number of cyclic esters (lactones) is 1. The molecular weight excluding hydrogens is 883 g/mol. The van der Waals surface area contributed by atoms with Gasteiger partial charge in [0, 0.05) is 65.1 Å². The number of ketones is 3. The summed E-state index contributed by atoms with van der Waals surface area (Å²) in [6.07, 6.45) is 14.9. The van der Waals surface area contributed by atoms with Crippen LogP contribution in [0.1, 0.15) is 145 Å². The molecule has 0 aromatic heterocycles. The number of aliphatic hydroxyl groups is 2. The molecule has 0 radical (unpaired) electrons. The van der Waals surface area contributed by atoms with Gasteiger partial charge in [0.05, 0.1) is 24.4 Å². The average Bonchev–Trinajstić information content (AvgIpc) is 3.33. The fraction of sp³-hybridized carbons (Fsp3) is 0.764. The second-order valence-electron chi connectivity index (χ2n) is 20.8. The number of esters is 1. The molecule has 2 N–H and O–H groups in total. The molecule has 2 saturated heterocycles. The van der Waals surface area contributed by atoms with Crippen LogP contribution in [0.25, 0.3) is 0 Å². The molecule has 14 heteroatoms. The van der Waals surface area contributed by atoms with E-state index in [4.69, 9.17) is 28.4 Å². The van der Waals surface area contributed by atoms with Crippen molar-refractivity contribution >= 4 is 29.2 Å². The number of ether oxygens (including phenoxy) is 6. The predicted molar refractivity (Wildman–Crippen MR) is 264 cm³/mol. The van der Waals surface area contributed by atoms with E-state index in [0.29, 0.717) is 57.1 Å². The number of Topliss-reactive ketones (excluding diaryl/α,β-unsaturated/α-hetero) is 3. The smallest absolute Gasteiger partial charge is 0.329 e. The van der Waals surface area contributed by atoms with Gasteiger partial charge in [0.15, 0.2) is 5.78 Å². The van der Waals surface area contributed by atoms with Gasteiger partial charge in [-0.05, 0) is 113 Å². The number of carbonyl (C=O) groups excluding carboxylic acids is 5. The van der Waals surface area contributed by atoms with Crippen LogP contribution in [-0.4, -0.2) is 133 Å². The highest BCUT2D eigenvalue weighted by Crippen LogP contribution is 2.38. The van der Waals surface area contributed by atoms with Crippen molar-refractivity contribution in [2.75, 3.05) is 34.5 Å². The van der Waals surface area contributed by atoms with Crippen LogP contribution in [0.5, 0.6) is 0 Å². The first-order valence-electron chi connectivity index (χ1n) is 25.9. The van der Waals surface area contributed by atoms with Crippen molar-refractivity contribution in [1.82, 2.24) is 4.90 Å². The number of nitrogens with zero attached hydrogens (tertiary/aromatic N) is 1. The topological polar surface area (TPSA) is 184 Å². The normalized spacial score (nSPS) is 38.8. The molecule has 390 valence electrons. The average molecular weight is 970 g/mol. The lowest BCUT2D eigenvalue weighted by atomic mass is 9.78. The van der Waals surface area contributed by atoms with Gasteiger partial charge in [0.1, 0.15) is 30.1 Å². The molecule has 3 heterocycles. The molecule has 0 unspecified atom stereocenters. The summed E-state index contributed by atoms with van der Waals surface area (Å²) in [6.45, 7) is 15.7. The Hall–Kier alpha value is -3.37. The second kappa shape index (κ2) is 28.0. The molecule has 3 aliphatic heterocycles. The maximum atomic E-state index is 14.5. The molecule has 0 spiro atoms. The van der Waals surface area contributed by atoms with Crippen LogP contribution in [0.4, 0.5) is 0 Å². The molecule has 69 heavy (non-hydrogen) atoms. The number of rotatable bonds is 10. The predicted octanol–water partition coefficient (Wildman–Crippen LogP) is 8.01. The summed E-state index contributed by atoms with van der Waals surface area (Å²) in [6, 6.07) is -1.12. The van der Waals surface area contributed by atoms with Crippen LogP contribution in [0.3, 0.4) is 0 Å². The summed E-state index contributed by atoms with van der Waals surface area (Å²) in [5, 5.41) is 23.5. The highest BCUT2D eigenvalue weighted by molar-refractivity contribution is 6.39. The zero-order chi connectivity index (χ0) is 51.0.